The molecule has 1 aromatic carbocycles. The van der Waals surface area contributed by atoms with Crippen LogP contribution in [-0.4, -0.2) is 34.5 Å². The molecule has 0 spiro atoms. The molecule has 3 rings (SSSR count). The number of benzene rings is 1. The van der Waals surface area contributed by atoms with Gasteiger partial charge in [-0.05, 0) is 45.0 Å². The fourth-order valence-electron chi connectivity index (χ4n) is 2.50. The van der Waals surface area contributed by atoms with Crippen LogP contribution >= 0.6 is 0 Å². The van der Waals surface area contributed by atoms with Crippen molar-refractivity contribution in [3.8, 4) is 0 Å². The lowest BCUT2D eigenvalue weighted by Crippen LogP contribution is -2.13. The molecule has 2 aromatic heterocycles. The van der Waals surface area contributed by atoms with Gasteiger partial charge in [-0.25, -0.2) is 9.97 Å². The monoisotopic (exact) mass is 401 g/mol. The fourth-order valence-corrected chi connectivity index (χ4v) is 3.60. The van der Waals surface area contributed by atoms with Gasteiger partial charge in [-0.1, -0.05) is 0 Å². The summed E-state index contributed by atoms with van der Waals surface area (Å²) in [6.07, 6.45) is 1.48. The Balaban J connectivity index is 1.73. The van der Waals surface area contributed by atoms with Gasteiger partial charge >= 0.3 is 0 Å². The lowest BCUT2D eigenvalue weighted by molar-refractivity contribution is 0.598. The van der Waals surface area contributed by atoms with E-state index in [0.29, 0.717) is 23.3 Å². The van der Waals surface area contributed by atoms with Crippen molar-refractivity contribution in [2.24, 2.45) is 7.05 Å². The Labute approximate surface area is 164 Å². The molecule has 10 heteroatoms. The first-order chi connectivity index (χ1) is 13.3. The number of rotatable bonds is 7. The van der Waals surface area contributed by atoms with Crippen molar-refractivity contribution in [2.45, 2.75) is 25.8 Å². The van der Waals surface area contributed by atoms with Gasteiger partial charge in [0.15, 0.2) is 5.03 Å². The number of nitrogens with one attached hydrogen (secondary N) is 3. The van der Waals surface area contributed by atoms with E-state index in [1.165, 1.54) is 6.20 Å². The molecule has 0 atom stereocenters. The summed E-state index contributed by atoms with van der Waals surface area (Å²) < 4.78 is 29.1. The Bertz CT molecular complexity index is 1060. The second kappa shape index (κ2) is 7.85. The van der Waals surface area contributed by atoms with E-state index >= 15 is 0 Å². The maximum Gasteiger partial charge on any atom is 0.280 e. The highest BCUT2D eigenvalue weighted by atomic mass is 32.2. The molecule has 3 aromatic rings. The predicted molar refractivity (Wildman–Crippen MR) is 109 cm³/mol. The summed E-state index contributed by atoms with van der Waals surface area (Å²) in [6, 6.07) is 8.72. The Morgan fingerprint density at radius 3 is 2.32 bits per heavy atom. The van der Waals surface area contributed by atoms with Crippen LogP contribution in [0.1, 0.15) is 18.4 Å². The standard InChI is InChI=1S/C18H23N7O2S/c1-5-19-18-20-12(2)10-16(23-18)22-14-6-8-15(9-7-14)24-28(26,27)17-11-25(4)13(3)21-17/h6-11,24H,5H2,1-4H3,(H2,19,20,22,23). The zero-order valence-electron chi connectivity index (χ0n) is 16.2. The van der Waals surface area contributed by atoms with Crippen LogP contribution < -0.4 is 15.4 Å². The Kier molecular flexibility index (Phi) is 5.50. The Hall–Kier alpha value is -3.14. The van der Waals surface area contributed by atoms with Crippen molar-refractivity contribution in [1.29, 1.82) is 0 Å². The highest BCUT2D eigenvalue weighted by Gasteiger charge is 2.18. The van der Waals surface area contributed by atoms with Gasteiger partial charge in [0, 0.05) is 42.9 Å². The van der Waals surface area contributed by atoms with Gasteiger partial charge in [-0.15, -0.1) is 0 Å². The number of imidazole rings is 1. The van der Waals surface area contributed by atoms with Crippen molar-refractivity contribution in [2.75, 3.05) is 21.9 Å². The van der Waals surface area contributed by atoms with Gasteiger partial charge in [0.1, 0.15) is 11.6 Å². The maximum atomic E-state index is 12.5. The molecule has 148 valence electrons. The second-order valence-corrected chi connectivity index (χ2v) is 7.92. The van der Waals surface area contributed by atoms with Crippen LogP contribution in [-0.2, 0) is 17.1 Å². The molecule has 28 heavy (non-hydrogen) atoms. The molecule has 0 saturated heterocycles. The summed E-state index contributed by atoms with van der Waals surface area (Å²) in [4.78, 5) is 12.8. The fraction of sp³-hybridized carbons (Fsp3) is 0.278. The van der Waals surface area contributed by atoms with Gasteiger partial charge in [-0.3, -0.25) is 4.72 Å². The number of hydrogen-bond acceptors (Lipinski definition) is 7. The minimum absolute atomic E-state index is 0.0119. The first-order valence-electron chi connectivity index (χ1n) is 8.76. The summed E-state index contributed by atoms with van der Waals surface area (Å²) in [7, 11) is -1.99. The SMILES string of the molecule is CCNc1nc(C)cc(Nc2ccc(NS(=O)(=O)c3cn(C)c(C)n3)cc2)n1. The first kappa shape index (κ1) is 19.6. The van der Waals surface area contributed by atoms with Crippen LogP contribution in [0.3, 0.4) is 0 Å². The minimum Gasteiger partial charge on any atom is -0.354 e. The van der Waals surface area contributed by atoms with Crippen LogP contribution in [0.25, 0.3) is 0 Å². The molecule has 9 nitrogen and oxygen atoms in total. The molecule has 0 bridgehead atoms. The van der Waals surface area contributed by atoms with E-state index in [1.54, 1.807) is 42.8 Å². The highest BCUT2D eigenvalue weighted by molar-refractivity contribution is 7.92. The number of aromatic nitrogens is 4. The molecule has 0 radical (unpaired) electrons. The van der Waals surface area contributed by atoms with Gasteiger partial charge < -0.3 is 15.2 Å². The van der Waals surface area contributed by atoms with Crippen LogP contribution in [0.2, 0.25) is 0 Å². The minimum atomic E-state index is -3.74. The number of sulfonamides is 1. The number of hydrogen-bond donors (Lipinski definition) is 3. The second-order valence-electron chi connectivity index (χ2n) is 6.29. The van der Waals surface area contributed by atoms with E-state index in [-0.39, 0.29) is 5.03 Å². The van der Waals surface area contributed by atoms with Crippen molar-refractivity contribution < 1.29 is 8.42 Å². The normalized spacial score (nSPS) is 11.3. The lowest BCUT2D eigenvalue weighted by Gasteiger charge is -2.10. The van der Waals surface area contributed by atoms with E-state index in [2.05, 4.69) is 30.3 Å². The quantitative estimate of drug-likeness (QED) is 0.558. The molecule has 2 heterocycles. The van der Waals surface area contributed by atoms with Crippen molar-refractivity contribution in [3.63, 3.8) is 0 Å². The third-order valence-corrected chi connectivity index (χ3v) is 5.21. The van der Waals surface area contributed by atoms with Crippen LogP contribution in [0.5, 0.6) is 0 Å². The average molecular weight is 401 g/mol. The van der Waals surface area contributed by atoms with Crippen molar-refractivity contribution in [3.05, 3.63) is 48.0 Å². The summed E-state index contributed by atoms with van der Waals surface area (Å²) in [5.41, 5.74) is 2.06. The van der Waals surface area contributed by atoms with Crippen LogP contribution in [0.15, 0.2) is 41.6 Å². The zero-order chi connectivity index (χ0) is 20.3. The summed E-state index contributed by atoms with van der Waals surface area (Å²) >= 11 is 0. The van der Waals surface area contributed by atoms with Gasteiger partial charge in [-0.2, -0.15) is 13.4 Å². The zero-order valence-corrected chi connectivity index (χ0v) is 17.0. The summed E-state index contributed by atoms with van der Waals surface area (Å²) in [5.74, 6) is 1.83. The Morgan fingerprint density at radius 1 is 1.04 bits per heavy atom. The molecule has 0 aliphatic carbocycles. The summed E-state index contributed by atoms with van der Waals surface area (Å²) in [6.45, 7) is 6.35. The topological polar surface area (TPSA) is 114 Å². The van der Waals surface area contributed by atoms with Gasteiger partial charge in [0.25, 0.3) is 10.0 Å². The van der Waals surface area contributed by atoms with E-state index < -0.39 is 10.0 Å². The number of nitrogens with zero attached hydrogens (tertiary/aromatic N) is 4. The van der Waals surface area contributed by atoms with Crippen LogP contribution in [0.4, 0.5) is 23.1 Å². The third-order valence-electron chi connectivity index (χ3n) is 3.96. The molecule has 0 unspecified atom stereocenters. The maximum absolute atomic E-state index is 12.5. The smallest absolute Gasteiger partial charge is 0.280 e. The molecule has 0 fully saturated rings. The van der Waals surface area contributed by atoms with Crippen molar-refractivity contribution >= 4 is 33.2 Å². The van der Waals surface area contributed by atoms with Gasteiger partial charge in [0.05, 0.1) is 0 Å². The molecular formula is C18H23N7O2S. The molecular weight excluding hydrogens is 378 g/mol. The third kappa shape index (κ3) is 4.58. The van der Waals surface area contributed by atoms with E-state index in [9.17, 15) is 8.42 Å². The highest BCUT2D eigenvalue weighted by Crippen LogP contribution is 2.21. The summed E-state index contributed by atoms with van der Waals surface area (Å²) in [5, 5.41) is 6.26. The number of anilines is 4. The van der Waals surface area contributed by atoms with Crippen molar-refractivity contribution in [1.82, 2.24) is 19.5 Å². The predicted octanol–water partition coefficient (Wildman–Crippen LogP) is 2.80. The molecule has 0 saturated carbocycles. The van der Waals surface area contributed by atoms with E-state index in [1.807, 2.05) is 19.9 Å². The lowest BCUT2D eigenvalue weighted by atomic mass is 10.3. The molecule has 0 aliphatic heterocycles. The molecule has 0 aliphatic rings. The molecule has 3 N–H and O–H groups in total. The largest absolute Gasteiger partial charge is 0.354 e. The first-order valence-corrected chi connectivity index (χ1v) is 10.2. The van der Waals surface area contributed by atoms with Gasteiger partial charge in [0.2, 0.25) is 5.95 Å². The molecule has 0 amide bonds. The van der Waals surface area contributed by atoms with Crippen LogP contribution in [0, 0.1) is 13.8 Å². The average Bonchev–Trinajstić information content (AvgIpc) is 2.96. The Morgan fingerprint density at radius 2 is 1.71 bits per heavy atom. The van der Waals surface area contributed by atoms with E-state index in [0.717, 1.165) is 17.9 Å². The number of aryl methyl sites for hydroxylation is 3. The van der Waals surface area contributed by atoms with E-state index in [4.69, 9.17) is 0 Å².